The Morgan fingerprint density at radius 2 is 1.84 bits per heavy atom. The largest absolute Gasteiger partial charge is 0.367 e. The highest BCUT2D eigenvalue weighted by atomic mass is 32.1. The summed E-state index contributed by atoms with van der Waals surface area (Å²) in [5, 5.41) is 10.5. The van der Waals surface area contributed by atoms with E-state index in [-0.39, 0.29) is 5.82 Å². The number of halogens is 1. The number of benzene rings is 1. The Balaban J connectivity index is 1.51. The zero-order chi connectivity index (χ0) is 26.8. The molecular formula is C28H33FN8S. The summed E-state index contributed by atoms with van der Waals surface area (Å²) in [5.74, 6) is 1.91. The van der Waals surface area contributed by atoms with Crippen LogP contribution in [0.3, 0.4) is 0 Å². The Labute approximate surface area is 227 Å². The molecule has 8 nitrogen and oxygen atoms in total. The molecule has 0 unspecified atom stereocenters. The zero-order valence-corrected chi connectivity index (χ0v) is 23.2. The van der Waals surface area contributed by atoms with Crippen LogP contribution >= 0.6 is 11.3 Å². The quantitative estimate of drug-likeness (QED) is 0.302. The van der Waals surface area contributed by atoms with Crippen LogP contribution in [0.25, 0.3) is 17.0 Å². The van der Waals surface area contributed by atoms with Gasteiger partial charge in [-0.2, -0.15) is 5.26 Å². The number of rotatable bonds is 8. The molecule has 0 bridgehead atoms. The first kappa shape index (κ1) is 26.1. The van der Waals surface area contributed by atoms with Crippen molar-refractivity contribution in [2.24, 2.45) is 5.92 Å². The summed E-state index contributed by atoms with van der Waals surface area (Å²) in [6.07, 6.45) is 4.79. The first-order valence-corrected chi connectivity index (χ1v) is 14.0. The van der Waals surface area contributed by atoms with Crippen molar-refractivity contribution in [3.8, 4) is 17.3 Å². The summed E-state index contributed by atoms with van der Waals surface area (Å²) in [7, 11) is 0. The number of hydrogen-bond acceptors (Lipinski definition) is 8. The molecule has 10 heteroatoms. The normalized spacial score (nSPS) is 14.4. The summed E-state index contributed by atoms with van der Waals surface area (Å²) < 4.78 is 15.6. The van der Waals surface area contributed by atoms with Crippen molar-refractivity contribution in [1.82, 2.24) is 24.3 Å². The van der Waals surface area contributed by atoms with Crippen LogP contribution in [-0.4, -0.2) is 63.5 Å². The van der Waals surface area contributed by atoms with Crippen LogP contribution in [0, 0.1) is 23.1 Å². The molecule has 0 amide bonds. The van der Waals surface area contributed by atoms with Crippen LogP contribution in [-0.2, 0) is 6.42 Å². The fourth-order valence-electron chi connectivity index (χ4n) is 5.03. The summed E-state index contributed by atoms with van der Waals surface area (Å²) >= 11 is 1.34. The number of thiazole rings is 1. The van der Waals surface area contributed by atoms with Gasteiger partial charge in [-0.15, -0.1) is 0 Å². The number of piperazine rings is 1. The van der Waals surface area contributed by atoms with E-state index in [1.165, 1.54) is 23.5 Å². The molecule has 1 saturated heterocycles. The molecule has 4 heterocycles. The van der Waals surface area contributed by atoms with Crippen LogP contribution in [0.5, 0.6) is 0 Å². The molecule has 0 aliphatic carbocycles. The number of aromatic nitrogens is 4. The van der Waals surface area contributed by atoms with Gasteiger partial charge in [0.15, 0.2) is 5.13 Å². The van der Waals surface area contributed by atoms with Crippen molar-refractivity contribution >= 4 is 33.8 Å². The van der Waals surface area contributed by atoms with E-state index in [9.17, 15) is 9.65 Å². The van der Waals surface area contributed by atoms with Gasteiger partial charge in [0.25, 0.3) is 0 Å². The Kier molecular flexibility index (Phi) is 7.58. The maximum Gasteiger partial charge on any atom is 0.235 e. The molecule has 1 fully saturated rings. The van der Waals surface area contributed by atoms with Crippen molar-refractivity contribution in [3.05, 3.63) is 53.0 Å². The van der Waals surface area contributed by atoms with Gasteiger partial charge >= 0.3 is 0 Å². The van der Waals surface area contributed by atoms with Crippen LogP contribution in [0.4, 0.5) is 21.0 Å². The van der Waals surface area contributed by atoms with Crippen LogP contribution < -0.4 is 9.80 Å². The van der Waals surface area contributed by atoms with Gasteiger partial charge in [0, 0.05) is 51.0 Å². The van der Waals surface area contributed by atoms with E-state index in [2.05, 4.69) is 59.1 Å². The third kappa shape index (κ3) is 5.08. The van der Waals surface area contributed by atoms with E-state index >= 15 is 0 Å². The number of hydrogen-bond donors (Lipinski definition) is 0. The molecule has 0 saturated carbocycles. The predicted octanol–water partition coefficient (Wildman–Crippen LogP) is 5.36. The molecule has 3 aromatic heterocycles. The SMILES string of the molecule is CCc1nc2ncc(N3CCN(CC(C)C)CC3)cn2c1N(CC)c1nc(-c2ccc(F)cc2)c(C#N)s1. The molecular weight excluding hydrogens is 499 g/mol. The highest BCUT2D eigenvalue weighted by Gasteiger charge is 2.25. The summed E-state index contributed by atoms with van der Waals surface area (Å²) in [6.45, 7) is 14.4. The third-order valence-corrected chi connectivity index (χ3v) is 7.83. The topological polar surface area (TPSA) is 76.6 Å². The minimum atomic E-state index is -0.319. The lowest BCUT2D eigenvalue weighted by Gasteiger charge is -2.36. The number of anilines is 3. The fraction of sp³-hybridized carbons (Fsp3) is 0.429. The van der Waals surface area contributed by atoms with E-state index in [1.54, 1.807) is 12.1 Å². The van der Waals surface area contributed by atoms with Gasteiger partial charge in [0.05, 0.1) is 17.6 Å². The molecule has 0 N–H and O–H groups in total. The van der Waals surface area contributed by atoms with Gasteiger partial charge in [-0.1, -0.05) is 32.1 Å². The van der Waals surface area contributed by atoms with Crippen molar-refractivity contribution in [3.63, 3.8) is 0 Å². The average molecular weight is 533 g/mol. The Hall–Kier alpha value is -3.55. The highest BCUT2D eigenvalue weighted by Crippen LogP contribution is 2.37. The standard InChI is InChI=1S/C28H33FN8S/c1-5-23-26(36(6-2)28-33-25(24(15-30)38-28)20-7-9-21(29)10-8-20)37-18-22(16-31-27(37)32-23)35-13-11-34(12-14-35)17-19(3)4/h7-10,16,18-19H,5-6,11-14,17H2,1-4H3. The monoisotopic (exact) mass is 532 g/mol. The van der Waals surface area contributed by atoms with Crippen LogP contribution in [0.1, 0.15) is 38.3 Å². The van der Waals surface area contributed by atoms with Gasteiger partial charge in [-0.25, -0.2) is 19.3 Å². The lowest BCUT2D eigenvalue weighted by Crippen LogP contribution is -2.47. The first-order chi connectivity index (χ1) is 18.4. The molecule has 198 valence electrons. The summed E-state index contributed by atoms with van der Waals surface area (Å²) in [5.41, 5.74) is 3.28. The second-order valence-corrected chi connectivity index (χ2v) is 10.9. The minimum Gasteiger partial charge on any atom is -0.367 e. The van der Waals surface area contributed by atoms with Gasteiger partial charge in [0.2, 0.25) is 5.78 Å². The van der Waals surface area contributed by atoms with E-state index in [0.29, 0.717) is 33.9 Å². The van der Waals surface area contributed by atoms with Gasteiger partial charge in [-0.05, 0) is 43.5 Å². The Bertz CT molecular complexity index is 1440. The van der Waals surface area contributed by atoms with Gasteiger partial charge < -0.3 is 9.80 Å². The van der Waals surface area contributed by atoms with Crippen molar-refractivity contribution in [2.45, 2.75) is 34.1 Å². The van der Waals surface area contributed by atoms with Crippen molar-refractivity contribution in [2.75, 3.05) is 49.1 Å². The molecule has 0 radical (unpaired) electrons. The molecule has 1 aromatic carbocycles. The second-order valence-electron chi connectivity index (χ2n) is 9.94. The van der Waals surface area contributed by atoms with Gasteiger partial charge in [0.1, 0.15) is 28.3 Å². The van der Waals surface area contributed by atoms with Gasteiger partial charge in [-0.3, -0.25) is 9.30 Å². The number of aryl methyl sites for hydroxylation is 1. The maximum absolute atomic E-state index is 13.5. The minimum absolute atomic E-state index is 0.319. The summed E-state index contributed by atoms with van der Waals surface area (Å²) in [6, 6.07) is 8.38. The molecule has 1 aliphatic rings. The highest BCUT2D eigenvalue weighted by molar-refractivity contribution is 7.16. The van der Waals surface area contributed by atoms with E-state index in [1.807, 2.05) is 6.20 Å². The van der Waals surface area contributed by atoms with Crippen LogP contribution in [0.2, 0.25) is 0 Å². The number of fused-ring (bicyclic) bond motifs is 1. The van der Waals surface area contributed by atoms with E-state index < -0.39 is 0 Å². The molecule has 4 aromatic rings. The van der Waals surface area contributed by atoms with Crippen LogP contribution in [0.15, 0.2) is 36.7 Å². The summed E-state index contributed by atoms with van der Waals surface area (Å²) in [4.78, 5) is 21.9. The molecule has 0 spiro atoms. The lowest BCUT2D eigenvalue weighted by atomic mass is 10.1. The van der Waals surface area contributed by atoms with Crippen molar-refractivity contribution in [1.29, 1.82) is 5.26 Å². The molecule has 1 aliphatic heterocycles. The third-order valence-electron chi connectivity index (χ3n) is 6.84. The number of nitriles is 1. The lowest BCUT2D eigenvalue weighted by molar-refractivity contribution is 0.231. The average Bonchev–Trinajstić information content (AvgIpc) is 3.51. The fourth-order valence-corrected chi connectivity index (χ4v) is 5.98. The predicted molar refractivity (Wildman–Crippen MR) is 151 cm³/mol. The van der Waals surface area contributed by atoms with E-state index in [0.717, 1.165) is 61.9 Å². The molecule has 5 rings (SSSR count). The zero-order valence-electron chi connectivity index (χ0n) is 22.4. The van der Waals surface area contributed by atoms with Crippen molar-refractivity contribution < 1.29 is 4.39 Å². The van der Waals surface area contributed by atoms with E-state index in [4.69, 9.17) is 15.0 Å². The maximum atomic E-state index is 13.5. The first-order valence-electron chi connectivity index (χ1n) is 13.2. The number of nitrogens with zero attached hydrogens (tertiary/aromatic N) is 8. The number of imidazole rings is 1. The smallest absolute Gasteiger partial charge is 0.235 e. The Morgan fingerprint density at radius 1 is 1.11 bits per heavy atom. The molecule has 38 heavy (non-hydrogen) atoms. The molecule has 0 atom stereocenters. The Morgan fingerprint density at radius 3 is 2.47 bits per heavy atom. The second kappa shape index (κ2) is 11.1.